The van der Waals surface area contributed by atoms with Gasteiger partial charge in [-0.25, -0.2) is 8.42 Å². The number of hydrogen-bond acceptors (Lipinski definition) is 4. The van der Waals surface area contributed by atoms with Gasteiger partial charge in [-0.1, -0.05) is 35.9 Å². The predicted molar refractivity (Wildman–Crippen MR) is 124 cm³/mol. The van der Waals surface area contributed by atoms with Crippen LogP contribution >= 0.6 is 11.6 Å². The van der Waals surface area contributed by atoms with E-state index in [0.717, 1.165) is 18.4 Å². The summed E-state index contributed by atoms with van der Waals surface area (Å²) in [5.41, 5.74) is 0.0977. The molecule has 0 spiro atoms. The van der Waals surface area contributed by atoms with Crippen molar-refractivity contribution < 1.29 is 31.1 Å². The molecule has 0 saturated heterocycles. The highest BCUT2D eigenvalue weighted by atomic mass is 35.5. The molecule has 0 aliphatic carbocycles. The third kappa shape index (κ3) is 6.88. The molecule has 0 atom stereocenters. The maximum atomic E-state index is 12.8. The van der Waals surface area contributed by atoms with Crippen LogP contribution in [0.1, 0.15) is 11.1 Å². The molecule has 0 fully saturated rings. The van der Waals surface area contributed by atoms with Gasteiger partial charge in [-0.15, -0.1) is 0 Å². The topological polar surface area (TPSA) is 75.7 Å². The van der Waals surface area contributed by atoms with Gasteiger partial charge >= 0.3 is 6.18 Å². The van der Waals surface area contributed by atoms with Gasteiger partial charge in [0.2, 0.25) is 10.0 Å². The van der Waals surface area contributed by atoms with E-state index in [0.29, 0.717) is 16.3 Å². The van der Waals surface area contributed by atoms with Gasteiger partial charge in [0, 0.05) is 10.7 Å². The number of rotatable bonds is 8. The fourth-order valence-electron chi connectivity index (χ4n) is 3.01. The average Bonchev–Trinajstić information content (AvgIpc) is 2.76. The predicted octanol–water partition coefficient (Wildman–Crippen LogP) is 5.34. The van der Waals surface area contributed by atoms with Crippen LogP contribution in [0.15, 0.2) is 72.8 Å². The highest BCUT2D eigenvalue weighted by Crippen LogP contribution is 2.31. The van der Waals surface area contributed by atoms with E-state index < -0.39 is 34.3 Å². The van der Waals surface area contributed by atoms with Crippen LogP contribution in [0.25, 0.3) is 0 Å². The molecule has 3 aromatic carbocycles. The SMILES string of the molecule is CS(=O)(=O)N(Cc1ccccc1Cl)c1ccc(OCC(=O)Nc2cccc(C(F)(F)F)c2)cc1. The molecule has 0 radical (unpaired) electrons. The molecular formula is C23H20ClF3N2O4S. The number of ether oxygens (including phenoxy) is 1. The summed E-state index contributed by atoms with van der Waals surface area (Å²) in [6.45, 7) is -0.427. The molecule has 11 heteroatoms. The highest BCUT2D eigenvalue weighted by molar-refractivity contribution is 7.92. The third-order valence-corrected chi connectivity index (χ3v) is 6.15. The number of nitrogens with one attached hydrogen (secondary N) is 1. The van der Waals surface area contributed by atoms with E-state index in [-0.39, 0.29) is 18.0 Å². The molecule has 0 bridgehead atoms. The molecule has 1 N–H and O–H groups in total. The average molecular weight is 513 g/mol. The first kappa shape index (κ1) is 25.4. The van der Waals surface area contributed by atoms with Crippen molar-refractivity contribution in [3.05, 3.63) is 88.9 Å². The van der Waals surface area contributed by atoms with E-state index in [1.807, 2.05) is 0 Å². The minimum Gasteiger partial charge on any atom is -0.484 e. The summed E-state index contributed by atoms with van der Waals surface area (Å²) in [5.74, 6) is -0.381. The second-order valence-electron chi connectivity index (χ2n) is 7.27. The Morgan fingerprint density at radius 3 is 2.32 bits per heavy atom. The Balaban J connectivity index is 1.64. The maximum Gasteiger partial charge on any atom is 0.416 e. The largest absolute Gasteiger partial charge is 0.484 e. The summed E-state index contributed by atoms with van der Waals surface area (Å²) in [6, 6.07) is 17.1. The summed E-state index contributed by atoms with van der Waals surface area (Å²) in [4.78, 5) is 12.1. The Morgan fingerprint density at radius 2 is 1.71 bits per heavy atom. The van der Waals surface area contributed by atoms with Gasteiger partial charge in [0.05, 0.1) is 24.1 Å². The first-order valence-electron chi connectivity index (χ1n) is 9.84. The van der Waals surface area contributed by atoms with E-state index in [2.05, 4.69) is 5.32 Å². The summed E-state index contributed by atoms with van der Waals surface area (Å²) < 4.78 is 69.6. The van der Waals surface area contributed by atoms with E-state index in [1.54, 1.807) is 24.3 Å². The molecule has 0 aromatic heterocycles. The Kier molecular flexibility index (Phi) is 7.73. The normalized spacial score (nSPS) is 11.7. The molecule has 0 unspecified atom stereocenters. The van der Waals surface area contributed by atoms with Gasteiger partial charge in [-0.2, -0.15) is 13.2 Å². The summed E-state index contributed by atoms with van der Waals surface area (Å²) in [7, 11) is -3.63. The van der Waals surface area contributed by atoms with Gasteiger partial charge in [0.15, 0.2) is 6.61 Å². The number of alkyl halides is 3. The van der Waals surface area contributed by atoms with Crippen molar-refractivity contribution in [2.24, 2.45) is 0 Å². The number of anilines is 2. The molecule has 0 aliphatic heterocycles. The Hall–Kier alpha value is -3.24. The van der Waals surface area contributed by atoms with Crippen LogP contribution in [0.5, 0.6) is 5.75 Å². The van der Waals surface area contributed by atoms with Crippen LogP contribution < -0.4 is 14.4 Å². The van der Waals surface area contributed by atoms with Crippen LogP contribution in [0.2, 0.25) is 5.02 Å². The number of sulfonamides is 1. The number of amides is 1. The molecule has 34 heavy (non-hydrogen) atoms. The zero-order valence-corrected chi connectivity index (χ0v) is 19.4. The van der Waals surface area contributed by atoms with Crippen molar-refractivity contribution in [2.75, 3.05) is 22.5 Å². The molecule has 0 heterocycles. The Morgan fingerprint density at radius 1 is 1.03 bits per heavy atom. The zero-order valence-electron chi connectivity index (χ0n) is 17.8. The molecule has 6 nitrogen and oxygen atoms in total. The first-order valence-corrected chi connectivity index (χ1v) is 12.1. The van der Waals surface area contributed by atoms with Gasteiger partial charge in [0.1, 0.15) is 5.75 Å². The highest BCUT2D eigenvalue weighted by Gasteiger charge is 2.30. The van der Waals surface area contributed by atoms with E-state index in [4.69, 9.17) is 16.3 Å². The van der Waals surface area contributed by atoms with Crippen molar-refractivity contribution in [2.45, 2.75) is 12.7 Å². The second-order valence-corrected chi connectivity index (χ2v) is 9.58. The number of carbonyl (C=O) groups excluding carboxylic acids is 1. The van der Waals surface area contributed by atoms with Crippen molar-refractivity contribution in [3.63, 3.8) is 0 Å². The second kappa shape index (κ2) is 10.4. The van der Waals surface area contributed by atoms with Crippen molar-refractivity contribution in [1.82, 2.24) is 0 Å². The van der Waals surface area contributed by atoms with Gasteiger partial charge in [-0.05, 0) is 54.1 Å². The van der Waals surface area contributed by atoms with E-state index >= 15 is 0 Å². The number of hydrogen-bond donors (Lipinski definition) is 1. The lowest BCUT2D eigenvalue weighted by Crippen LogP contribution is -2.29. The van der Waals surface area contributed by atoms with Crippen LogP contribution in [0.4, 0.5) is 24.5 Å². The zero-order chi connectivity index (χ0) is 24.9. The fourth-order valence-corrected chi connectivity index (χ4v) is 4.08. The summed E-state index contributed by atoms with van der Waals surface area (Å²) in [6.07, 6.45) is -3.45. The van der Waals surface area contributed by atoms with Crippen LogP contribution in [-0.2, 0) is 27.5 Å². The summed E-state index contributed by atoms with van der Waals surface area (Å²) >= 11 is 6.16. The van der Waals surface area contributed by atoms with Crippen molar-refractivity contribution in [1.29, 1.82) is 0 Å². The van der Waals surface area contributed by atoms with E-state index in [1.165, 1.54) is 40.7 Å². The standard InChI is InChI=1S/C23H20ClF3N2O4S/c1-34(31,32)29(14-16-5-2-3-8-21(16)24)19-9-11-20(12-10-19)33-15-22(30)28-18-7-4-6-17(13-18)23(25,26)27/h2-13H,14-15H2,1H3,(H,28,30). The molecule has 180 valence electrons. The Bertz CT molecular complexity index is 1270. The van der Waals surface area contributed by atoms with Gasteiger partial charge in [0.25, 0.3) is 5.91 Å². The lowest BCUT2D eigenvalue weighted by molar-refractivity contribution is -0.137. The molecule has 0 aliphatic rings. The minimum atomic E-state index is -4.52. The lowest BCUT2D eigenvalue weighted by atomic mass is 10.2. The lowest BCUT2D eigenvalue weighted by Gasteiger charge is -2.23. The number of benzene rings is 3. The van der Waals surface area contributed by atoms with Crippen molar-refractivity contribution in [3.8, 4) is 5.75 Å². The first-order chi connectivity index (χ1) is 15.9. The molecule has 3 aromatic rings. The van der Waals surface area contributed by atoms with Gasteiger partial charge < -0.3 is 10.1 Å². The van der Waals surface area contributed by atoms with Crippen molar-refractivity contribution >= 4 is 38.9 Å². The minimum absolute atomic E-state index is 0.0119. The molecule has 3 rings (SSSR count). The number of halogens is 4. The molecule has 1 amide bonds. The number of carbonyl (C=O) groups is 1. The fraction of sp³-hybridized carbons (Fsp3) is 0.174. The number of nitrogens with zero attached hydrogens (tertiary/aromatic N) is 1. The van der Waals surface area contributed by atoms with E-state index in [9.17, 15) is 26.4 Å². The molecule has 0 saturated carbocycles. The van der Waals surface area contributed by atoms with Gasteiger partial charge in [-0.3, -0.25) is 9.10 Å². The molecular weight excluding hydrogens is 493 g/mol. The summed E-state index contributed by atoms with van der Waals surface area (Å²) in [5, 5.41) is 2.78. The van der Waals surface area contributed by atoms with Crippen LogP contribution in [-0.4, -0.2) is 27.2 Å². The van der Waals surface area contributed by atoms with Crippen LogP contribution in [0, 0.1) is 0 Å². The maximum absolute atomic E-state index is 12.8. The quantitative estimate of drug-likeness (QED) is 0.442. The third-order valence-electron chi connectivity index (χ3n) is 4.64. The monoisotopic (exact) mass is 512 g/mol. The smallest absolute Gasteiger partial charge is 0.416 e. The van der Waals surface area contributed by atoms with Crippen LogP contribution in [0.3, 0.4) is 0 Å². The Labute approximate surface area is 200 Å².